The molecule has 0 spiro atoms. The lowest BCUT2D eigenvalue weighted by atomic mass is 9.97. The number of benzene rings is 1. The predicted octanol–water partition coefficient (Wildman–Crippen LogP) is 2.92. The van der Waals surface area contributed by atoms with Crippen LogP contribution in [0.3, 0.4) is 0 Å². The monoisotopic (exact) mass is 343 g/mol. The van der Waals surface area contributed by atoms with Gasteiger partial charge >= 0.3 is 6.36 Å². The van der Waals surface area contributed by atoms with Gasteiger partial charge in [-0.25, -0.2) is 0 Å². The Hall–Kier alpha value is -1.76. The summed E-state index contributed by atoms with van der Waals surface area (Å²) in [4.78, 5) is 14.3. The minimum atomic E-state index is -4.74. The lowest BCUT2D eigenvalue weighted by Gasteiger charge is -2.31. The summed E-state index contributed by atoms with van der Waals surface area (Å²) in [6.45, 7) is 1.35. The van der Waals surface area contributed by atoms with Crippen molar-refractivity contribution in [1.82, 2.24) is 4.90 Å². The molecule has 1 aromatic carbocycles. The standard InChI is InChI=1S/C17H20F3NO3/c18-17(19,20)24-15-4-2-1-3-12(15)13-9-14(13)16(23)21-7-5-11(10-22)6-8-21/h1-4,11,13-14,22H,5-10H2. The van der Waals surface area contributed by atoms with Gasteiger partial charge in [0.15, 0.2) is 0 Å². The Bertz CT molecular complexity index is 597. The summed E-state index contributed by atoms with van der Waals surface area (Å²) in [5.41, 5.74) is 0.443. The normalized spacial score (nSPS) is 24.8. The Morgan fingerprint density at radius 1 is 1.25 bits per heavy atom. The van der Waals surface area contributed by atoms with Gasteiger partial charge in [-0.05, 0) is 42.7 Å². The lowest BCUT2D eigenvalue weighted by Crippen LogP contribution is -2.40. The fourth-order valence-electron chi connectivity index (χ4n) is 3.39. The molecule has 1 N–H and O–H groups in total. The van der Waals surface area contributed by atoms with Gasteiger partial charge in [-0.3, -0.25) is 4.79 Å². The molecule has 3 rings (SSSR count). The number of amides is 1. The van der Waals surface area contributed by atoms with E-state index < -0.39 is 6.36 Å². The third kappa shape index (κ3) is 3.83. The zero-order valence-corrected chi connectivity index (χ0v) is 13.1. The van der Waals surface area contributed by atoms with Crippen molar-refractivity contribution in [1.29, 1.82) is 0 Å². The number of rotatable bonds is 4. The van der Waals surface area contributed by atoms with Gasteiger partial charge in [0.05, 0.1) is 0 Å². The molecule has 24 heavy (non-hydrogen) atoms. The van der Waals surface area contributed by atoms with E-state index in [0.29, 0.717) is 25.1 Å². The highest BCUT2D eigenvalue weighted by Crippen LogP contribution is 2.51. The Labute approximate surface area is 138 Å². The number of nitrogens with zero attached hydrogens (tertiary/aromatic N) is 1. The lowest BCUT2D eigenvalue weighted by molar-refractivity contribution is -0.274. The molecule has 132 valence electrons. The maximum absolute atomic E-state index is 12.5. The number of halogens is 3. The molecule has 1 heterocycles. The summed E-state index contributed by atoms with van der Waals surface area (Å²) >= 11 is 0. The molecule has 4 nitrogen and oxygen atoms in total. The number of likely N-dealkylation sites (tertiary alicyclic amines) is 1. The van der Waals surface area contributed by atoms with Crippen LogP contribution in [0.5, 0.6) is 5.75 Å². The number of carbonyl (C=O) groups excluding carboxylic acids is 1. The summed E-state index contributed by atoms with van der Waals surface area (Å²) < 4.78 is 41.6. The van der Waals surface area contributed by atoms with Crippen LogP contribution in [0.1, 0.15) is 30.7 Å². The third-order valence-electron chi connectivity index (χ3n) is 4.84. The van der Waals surface area contributed by atoms with Gasteiger partial charge in [0.1, 0.15) is 5.75 Å². The number of ether oxygens (including phenoxy) is 1. The average Bonchev–Trinajstić information content (AvgIpc) is 3.34. The molecule has 1 amide bonds. The predicted molar refractivity (Wildman–Crippen MR) is 80.4 cm³/mol. The zero-order chi connectivity index (χ0) is 17.3. The molecule has 2 atom stereocenters. The van der Waals surface area contributed by atoms with E-state index in [0.717, 1.165) is 12.8 Å². The summed E-state index contributed by atoms with van der Waals surface area (Å²) in [6, 6.07) is 6.03. The average molecular weight is 343 g/mol. The van der Waals surface area contributed by atoms with Crippen molar-refractivity contribution in [3.8, 4) is 5.75 Å². The molecule has 1 aromatic rings. The molecule has 1 saturated heterocycles. The number of hydrogen-bond acceptors (Lipinski definition) is 3. The quantitative estimate of drug-likeness (QED) is 0.915. The van der Waals surface area contributed by atoms with Crippen molar-refractivity contribution < 1.29 is 27.8 Å². The van der Waals surface area contributed by atoms with Gasteiger partial charge in [-0.15, -0.1) is 13.2 Å². The van der Waals surface area contributed by atoms with Crippen molar-refractivity contribution in [3.05, 3.63) is 29.8 Å². The molecule has 0 aromatic heterocycles. The molecule has 7 heteroatoms. The Morgan fingerprint density at radius 2 is 1.92 bits per heavy atom. The molecule has 0 radical (unpaired) electrons. The van der Waals surface area contributed by atoms with Crippen molar-refractivity contribution in [2.24, 2.45) is 11.8 Å². The first kappa shape index (κ1) is 17.1. The summed E-state index contributed by atoms with van der Waals surface area (Å²) in [6.07, 6.45) is -2.64. The van der Waals surface area contributed by atoms with Crippen LogP contribution < -0.4 is 4.74 Å². The Kier molecular flexibility index (Phi) is 4.71. The van der Waals surface area contributed by atoms with E-state index in [2.05, 4.69) is 4.74 Å². The number of aliphatic hydroxyl groups excluding tert-OH is 1. The first-order valence-electron chi connectivity index (χ1n) is 8.13. The number of aliphatic hydroxyl groups is 1. The maximum Gasteiger partial charge on any atom is 0.573 e. The van der Waals surface area contributed by atoms with Gasteiger partial charge in [0.25, 0.3) is 0 Å². The van der Waals surface area contributed by atoms with E-state index in [-0.39, 0.29) is 36.0 Å². The minimum Gasteiger partial charge on any atom is -0.405 e. The molecule has 1 saturated carbocycles. The topological polar surface area (TPSA) is 49.8 Å². The van der Waals surface area contributed by atoms with Crippen LogP contribution in [0.2, 0.25) is 0 Å². The first-order valence-corrected chi connectivity index (χ1v) is 8.13. The van der Waals surface area contributed by atoms with E-state index in [1.807, 2.05) is 0 Å². The van der Waals surface area contributed by atoms with Crippen molar-refractivity contribution in [2.75, 3.05) is 19.7 Å². The van der Waals surface area contributed by atoms with E-state index in [1.165, 1.54) is 12.1 Å². The third-order valence-corrected chi connectivity index (χ3v) is 4.84. The maximum atomic E-state index is 12.5. The van der Waals surface area contributed by atoms with Gasteiger partial charge < -0.3 is 14.7 Å². The SMILES string of the molecule is O=C(C1CC1c1ccccc1OC(F)(F)F)N1CCC(CO)CC1. The fraction of sp³-hybridized carbons (Fsp3) is 0.588. The van der Waals surface area contributed by atoms with Crippen LogP contribution in [-0.2, 0) is 4.79 Å². The number of alkyl halides is 3. The molecule has 0 bridgehead atoms. The van der Waals surface area contributed by atoms with Gasteiger partial charge in [0, 0.05) is 25.6 Å². The zero-order valence-electron chi connectivity index (χ0n) is 13.1. The molecular formula is C17H20F3NO3. The molecule has 1 aliphatic heterocycles. The number of hydrogen-bond donors (Lipinski definition) is 1. The van der Waals surface area contributed by atoms with Crippen LogP contribution in [0.4, 0.5) is 13.2 Å². The number of piperidine rings is 1. The van der Waals surface area contributed by atoms with Crippen molar-refractivity contribution in [3.63, 3.8) is 0 Å². The van der Waals surface area contributed by atoms with Gasteiger partial charge in [0.2, 0.25) is 5.91 Å². The Morgan fingerprint density at radius 3 is 2.54 bits per heavy atom. The summed E-state index contributed by atoms with van der Waals surface area (Å²) in [5.74, 6) is -0.465. The van der Waals surface area contributed by atoms with E-state index in [1.54, 1.807) is 17.0 Å². The highest BCUT2D eigenvalue weighted by Gasteiger charge is 2.48. The number of carbonyl (C=O) groups is 1. The van der Waals surface area contributed by atoms with Crippen molar-refractivity contribution in [2.45, 2.75) is 31.5 Å². The van der Waals surface area contributed by atoms with Crippen LogP contribution in [-0.4, -0.2) is 42.0 Å². The largest absolute Gasteiger partial charge is 0.573 e. The summed E-state index contributed by atoms with van der Waals surface area (Å²) in [5, 5.41) is 9.14. The van der Waals surface area contributed by atoms with E-state index in [4.69, 9.17) is 5.11 Å². The van der Waals surface area contributed by atoms with Crippen LogP contribution >= 0.6 is 0 Å². The van der Waals surface area contributed by atoms with Crippen LogP contribution in [0, 0.1) is 11.8 Å². The first-order chi connectivity index (χ1) is 11.4. The molecule has 1 aliphatic carbocycles. The highest BCUT2D eigenvalue weighted by atomic mass is 19.4. The second kappa shape index (κ2) is 6.63. The van der Waals surface area contributed by atoms with Crippen LogP contribution in [0.15, 0.2) is 24.3 Å². The molecule has 2 fully saturated rings. The highest BCUT2D eigenvalue weighted by molar-refractivity contribution is 5.83. The molecule has 2 aliphatic rings. The second-order valence-corrected chi connectivity index (χ2v) is 6.49. The Balaban J connectivity index is 1.64. The van der Waals surface area contributed by atoms with Crippen molar-refractivity contribution >= 4 is 5.91 Å². The van der Waals surface area contributed by atoms with E-state index in [9.17, 15) is 18.0 Å². The second-order valence-electron chi connectivity index (χ2n) is 6.49. The van der Waals surface area contributed by atoms with E-state index >= 15 is 0 Å². The molecule has 2 unspecified atom stereocenters. The fourth-order valence-corrected chi connectivity index (χ4v) is 3.39. The number of para-hydroxylation sites is 1. The summed E-state index contributed by atoms with van der Waals surface area (Å²) in [7, 11) is 0. The van der Waals surface area contributed by atoms with Gasteiger partial charge in [-0.1, -0.05) is 18.2 Å². The molecular weight excluding hydrogens is 323 g/mol. The van der Waals surface area contributed by atoms with Gasteiger partial charge in [-0.2, -0.15) is 0 Å². The minimum absolute atomic E-state index is 0.00167. The smallest absolute Gasteiger partial charge is 0.405 e. The van der Waals surface area contributed by atoms with Crippen LogP contribution in [0.25, 0.3) is 0 Å².